The summed E-state index contributed by atoms with van der Waals surface area (Å²) in [6.45, 7) is 8.13. The van der Waals surface area contributed by atoms with Crippen molar-refractivity contribution in [2.24, 2.45) is 4.99 Å². The van der Waals surface area contributed by atoms with E-state index in [2.05, 4.69) is 21.3 Å². The minimum atomic E-state index is -3.10. The lowest BCUT2D eigenvalue weighted by atomic mass is 10.0. The van der Waals surface area contributed by atoms with Gasteiger partial charge in [0.15, 0.2) is 15.8 Å². The quantitative estimate of drug-likeness (QED) is 0.566. The van der Waals surface area contributed by atoms with Gasteiger partial charge < -0.3 is 15.0 Å². The lowest BCUT2D eigenvalue weighted by Gasteiger charge is -2.40. The molecule has 1 aromatic carbocycles. The molecule has 2 fully saturated rings. The summed E-state index contributed by atoms with van der Waals surface area (Å²) in [5.74, 6) is 0.858. The minimum absolute atomic E-state index is 0.0749. The number of hydrogen-bond donors (Lipinski definition) is 1. The molecule has 0 saturated carbocycles. The van der Waals surface area contributed by atoms with E-state index in [0.29, 0.717) is 32.8 Å². The molecule has 1 atom stereocenters. The SMILES string of the molecule is CN=C(NCC(c1ccccc1Cl)N1CCOCC1)N1CCS(=O)(=O)C(C)(C)C1. The summed E-state index contributed by atoms with van der Waals surface area (Å²) in [5.41, 5.74) is 1.07. The van der Waals surface area contributed by atoms with Gasteiger partial charge in [0.2, 0.25) is 0 Å². The molecule has 0 bridgehead atoms. The molecule has 3 rings (SSSR count). The molecule has 0 radical (unpaired) electrons. The average Bonchev–Trinajstić information content (AvgIpc) is 2.69. The number of ether oxygens (including phenoxy) is 1. The van der Waals surface area contributed by atoms with Gasteiger partial charge in [0.05, 0.1) is 29.8 Å². The summed E-state index contributed by atoms with van der Waals surface area (Å²) >= 11 is 6.51. The smallest absolute Gasteiger partial charge is 0.193 e. The Labute approximate surface area is 179 Å². The highest BCUT2D eigenvalue weighted by atomic mass is 35.5. The van der Waals surface area contributed by atoms with Crippen LogP contribution in [0.25, 0.3) is 0 Å². The van der Waals surface area contributed by atoms with Gasteiger partial charge in [-0.3, -0.25) is 9.89 Å². The molecule has 0 aromatic heterocycles. The van der Waals surface area contributed by atoms with Crippen LogP contribution in [-0.4, -0.2) is 87.7 Å². The van der Waals surface area contributed by atoms with Gasteiger partial charge >= 0.3 is 0 Å². The number of benzene rings is 1. The van der Waals surface area contributed by atoms with Crippen LogP contribution < -0.4 is 5.32 Å². The van der Waals surface area contributed by atoms with Crippen molar-refractivity contribution in [3.05, 3.63) is 34.9 Å². The Kier molecular flexibility index (Phi) is 7.09. The second-order valence-electron chi connectivity index (χ2n) is 8.11. The second kappa shape index (κ2) is 9.20. The molecule has 0 aliphatic carbocycles. The molecule has 0 amide bonds. The van der Waals surface area contributed by atoms with E-state index in [1.165, 1.54) is 0 Å². The van der Waals surface area contributed by atoms with Crippen LogP contribution in [0.4, 0.5) is 0 Å². The Balaban J connectivity index is 1.75. The normalized spacial score (nSPS) is 23.6. The van der Waals surface area contributed by atoms with Crippen LogP contribution in [0.2, 0.25) is 5.02 Å². The maximum Gasteiger partial charge on any atom is 0.193 e. The van der Waals surface area contributed by atoms with Crippen molar-refractivity contribution in [3.63, 3.8) is 0 Å². The van der Waals surface area contributed by atoms with Gasteiger partial charge in [-0.05, 0) is 25.5 Å². The number of rotatable bonds is 4. The Hall–Kier alpha value is -1.35. The van der Waals surface area contributed by atoms with Crippen molar-refractivity contribution in [3.8, 4) is 0 Å². The van der Waals surface area contributed by atoms with Gasteiger partial charge in [-0.1, -0.05) is 29.8 Å². The lowest BCUT2D eigenvalue weighted by molar-refractivity contribution is 0.0169. The van der Waals surface area contributed by atoms with E-state index >= 15 is 0 Å². The molecular formula is C20H31ClN4O3S. The maximum atomic E-state index is 12.3. The van der Waals surface area contributed by atoms with Gasteiger partial charge in [-0.2, -0.15) is 0 Å². The van der Waals surface area contributed by atoms with Crippen LogP contribution in [0.5, 0.6) is 0 Å². The number of nitrogens with one attached hydrogen (secondary N) is 1. The summed E-state index contributed by atoms with van der Waals surface area (Å²) in [5, 5.41) is 4.21. The summed E-state index contributed by atoms with van der Waals surface area (Å²) < 4.78 is 29.4. The fraction of sp³-hybridized carbons (Fsp3) is 0.650. The average molecular weight is 443 g/mol. The Morgan fingerprint density at radius 3 is 2.59 bits per heavy atom. The molecule has 2 saturated heterocycles. The molecular weight excluding hydrogens is 412 g/mol. The number of guanidine groups is 1. The molecule has 162 valence electrons. The highest BCUT2D eigenvalue weighted by Gasteiger charge is 2.41. The summed E-state index contributed by atoms with van der Waals surface area (Å²) in [6, 6.07) is 7.98. The van der Waals surface area contributed by atoms with Gasteiger partial charge in [0, 0.05) is 44.8 Å². The third kappa shape index (κ3) is 5.05. The predicted molar refractivity (Wildman–Crippen MR) is 117 cm³/mol. The van der Waals surface area contributed by atoms with Crippen molar-refractivity contribution < 1.29 is 13.2 Å². The van der Waals surface area contributed by atoms with E-state index in [1.807, 2.05) is 23.1 Å². The first-order valence-corrected chi connectivity index (χ1v) is 12.0. The zero-order chi connectivity index (χ0) is 21.1. The fourth-order valence-corrected chi connectivity index (χ4v) is 5.54. The number of hydrogen-bond acceptors (Lipinski definition) is 5. The van der Waals surface area contributed by atoms with Gasteiger partial charge in [0.25, 0.3) is 0 Å². The van der Waals surface area contributed by atoms with Gasteiger partial charge in [-0.25, -0.2) is 8.42 Å². The molecule has 9 heteroatoms. The highest BCUT2D eigenvalue weighted by Crippen LogP contribution is 2.28. The van der Waals surface area contributed by atoms with Crippen molar-refractivity contribution in [2.75, 3.05) is 58.7 Å². The molecule has 0 spiro atoms. The van der Waals surface area contributed by atoms with Crippen molar-refractivity contribution in [1.82, 2.24) is 15.1 Å². The van der Waals surface area contributed by atoms with Gasteiger partial charge in [-0.15, -0.1) is 0 Å². The first-order valence-electron chi connectivity index (χ1n) is 9.99. The second-order valence-corrected chi connectivity index (χ2v) is 11.3. The van der Waals surface area contributed by atoms with E-state index in [0.717, 1.165) is 29.6 Å². The molecule has 1 unspecified atom stereocenters. The zero-order valence-electron chi connectivity index (χ0n) is 17.4. The molecule has 1 N–H and O–H groups in total. The van der Waals surface area contributed by atoms with Crippen LogP contribution in [0, 0.1) is 0 Å². The van der Waals surface area contributed by atoms with Crippen molar-refractivity contribution in [1.29, 1.82) is 0 Å². The maximum absolute atomic E-state index is 12.3. The Bertz CT molecular complexity index is 838. The van der Waals surface area contributed by atoms with Crippen LogP contribution in [0.3, 0.4) is 0 Å². The summed E-state index contributed by atoms with van der Waals surface area (Å²) in [6.07, 6.45) is 0. The monoisotopic (exact) mass is 442 g/mol. The molecule has 2 aliphatic rings. The first kappa shape index (κ1) is 22.3. The van der Waals surface area contributed by atoms with Crippen LogP contribution >= 0.6 is 11.6 Å². The molecule has 2 heterocycles. The van der Waals surface area contributed by atoms with Crippen molar-refractivity contribution in [2.45, 2.75) is 24.6 Å². The third-order valence-corrected chi connectivity index (χ3v) is 8.64. The fourth-order valence-electron chi connectivity index (χ4n) is 3.91. The van der Waals surface area contributed by atoms with E-state index in [4.69, 9.17) is 16.3 Å². The van der Waals surface area contributed by atoms with Crippen molar-refractivity contribution >= 4 is 27.4 Å². The number of halogens is 1. The summed E-state index contributed by atoms with van der Waals surface area (Å²) in [4.78, 5) is 8.82. The Morgan fingerprint density at radius 1 is 1.28 bits per heavy atom. The first-order chi connectivity index (χ1) is 13.7. The highest BCUT2D eigenvalue weighted by molar-refractivity contribution is 7.92. The number of nitrogens with zero attached hydrogens (tertiary/aromatic N) is 3. The van der Waals surface area contributed by atoms with E-state index in [-0.39, 0.29) is 11.8 Å². The molecule has 7 nitrogen and oxygen atoms in total. The molecule has 1 aromatic rings. The number of sulfone groups is 1. The molecule has 29 heavy (non-hydrogen) atoms. The van der Waals surface area contributed by atoms with E-state index in [9.17, 15) is 8.42 Å². The van der Waals surface area contributed by atoms with Crippen LogP contribution in [-0.2, 0) is 14.6 Å². The Morgan fingerprint density at radius 2 is 1.97 bits per heavy atom. The minimum Gasteiger partial charge on any atom is -0.379 e. The lowest BCUT2D eigenvalue weighted by Crippen LogP contribution is -2.58. The standard InChI is InChI=1S/C20H31ClN4O3S/c1-20(2)15-25(10-13-29(20,26)27)19(22-3)23-14-18(24-8-11-28-12-9-24)16-6-4-5-7-17(16)21/h4-7,18H,8-15H2,1-3H3,(H,22,23). The summed E-state index contributed by atoms with van der Waals surface area (Å²) in [7, 11) is -1.36. The van der Waals surface area contributed by atoms with Gasteiger partial charge in [0.1, 0.15) is 0 Å². The predicted octanol–water partition coefficient (Wildman–Crippen LogP) is 1.80. The zero-order valence-corrected chi connectivity index (χ0v) is 19.0. The van der Waals surface area contributed by atoms with E-state index in [1.54, 1.807) is 20.9 Å². The third-order valence-electron chi connectivity index (χ3n) is 5.76. The van der Waals surface area contributed by atoms with Crippen LogP contribution in [0.15, 0.2) is 29.3 Å². The largest absolute Gasteiger partial charge is 0.379 e. The number of morpholine rings is 1. The van der Waals surface area contributed by atoms with Crippen LogP contribution in [0.1, 0.15) is 25.5 Å². The topological polar surface area (TPSA) is 74.2 Å². The molecule has 2 aliphatic heterocycles. The van der Waals surface area contributed by atoms with E-state index < -0.39 is 14.6 Å². The number of aliphatic imine (C=N–C) groups is 1.